The standard InChI is InChI=1S/C24H34F3N2O7PS/c1-6-22(4,34-5)37(32,33)36-23(7-2,8-3)12-15-17(30)18(31)19(35-15)14-11-13-9-10-16(24(25,26)27)28-20(13)29-21(14)38/h9-11,15,17-19,30-31H,6-8,12H2,1-5H3,(H,32,33)(H,28,29,38). The number of fused-ring (bicyclic) bond motifs is 1. The van der Waals surface area contributed by atoms with Gasteiger partial charge in [0.15, 0.2) is 5.34 Å². The van der Waals surface area contributed by atoms with Gasteiger partial charge in [-0.1, -0.05) is 33.0 Å². The second-order valence-corrected chi connectivity index (χ2v) is 12.3. The molecule has 0 saturated carbocycles. The summed E-state index contributed by atoms with van der Waals surface area (Å²) < 4.78 is 69.6. The van der Waals surface area contributed by atoms with E-state index in [0.29, 0.717) is 18.2 Å². The summed E-state index contributed by atoms with van der Waals surface area (Å²) >= 11 is 5.32. The molecule has 9 nitrogen and oxygen atoms in total. The minimum absolute atomic E-state index is 0.00612. The number of pyridine rings is 2. The van der Waals surface area contributed by atoms with Gasteiger partial charge in [-0.3, -0.25) is 9.09 Å². The van der Waals surface area contributed by atoms with E-state index in [0.717, 1.165) is 6.07 Å². The van der Waals surface area contributed by atoms with E-state index < -0.39 is 54.8 Å². The van der Waals surface area contributed by atoms with Crippen molar-refractivity contribution in [1.29, 1.82) is 0 Å². The Labute approximate surface area is 223 Å². The summed E-state index contributed by atoms with van der Waals surface area (Å²) in [6, 6.07) is 3.51. The van der Waals surface area contributed by atoms with Crippen LogP contribution in [0.5, 0.6) is 0 Å². The zero-order valence-electron chi connectivity index (χ0n) is 21.8. The van der Waals surface area contributed by atoms with E-state index in [1.165, 1.54) is 26.2 Å². The van der Waals surface area contributed by atoms with E-state index in [4.69, 9.17) is 26.2 Å². The Kier molecular flexibility index (Phi) is 9.17. The number of nitrogens with zero attached hydrogens (tertiary/aromatic N) is 1. The van der Waals surface area contributed by atoms with Crippen LogP contribution in [0, 0.1) is 4.64 Å². The molecule has 1 saturated heterocycles. The van der Waals surface area contributed by atoms with E-state index in [1.54, 1.807) is 20.8 Å². The molecule has 2 aromatic rings. The maximum absolute atomic E-state index is 13.3. The van der Waals surface area contributed by atoms with Crippen molar-refractivity contribution >= 4 is 30.8 Å². The van der Waals surface area contributed by atoms with E-state index in [1.807, 2.05) is 0 Å². The molecular formula is C24H34F3N2O7PS. The summed E-state index contributed by atoms with van der Waals surface area (Å²) in [5.41, 5.74) is -2.10. The first-order valence-corrected chi connectivity index (χ1v) is 14.3. The van der Waals surface area contributed by atoms with Crippen LogP contribution in [0.25, 0.3) is 11.0 Å². The van der Waals surface area contributed by atoms with Crippen molar-refractivity contribution in [3.05, 3.63) is 34.1 Å². The summed E-state index contributed by atoms with van der Waals surface area (Å²) in [7, 11) is -2.99. The Bertz CT molecular complexity index is 1250. The lowest BCUT2D eigenvalue weighted by atomic mass is 9.88. The van der Waals surface area contributed by atoms with Gasteiger partial charge in [-0.15, -0.1) is 0 Å². The number of halogens is 3. The maximum atomic E-state index is 13.3. The van der Waals surface area contributed by atoms with E-state index >= 15 is 0 Å². The molecule has 4 N–H and O–H groups in total. The molecule has 3 rings (SSSR count). The third kappa shape index (κ3) is 5.85. The number of hydrogen-bond acceptors (Lipinski definition) is 8. The SMILES string of the molecule is CCC(CC)(CC1OC(c2cc3ccc(C(F)(F)F)nc3[nH]c2=S)C(O)C1O)OP(=O)(O)C(C)(CC)OC. The minimum atomic E-state index is -4.63. The van der Waals surface area contributed by atoms with Crippen LogP contribution < -0.4 is 0 Å². The van der Waals surface area contributed by atoms with Crippen LogP contribution in [0.1, 0.15) is 70.7 Å². The third-order valence-corrected chi connectivity index (χ3v) is 10.2. The fourth-order valence-electron chi connectivity index (χ4n) is 4.53. The van der Waals surface area contributed by atoms with Crippen LogP contribution in [0.4, 0.5) is 13.2 Å². The fourth-order valence-corrected chi connectivity index (χ4v) is 6.49. The first-order valence-electron chi connectivity index (χ1n) is 12.3. The second-order valence-electron chi connectivity index (χ2n) is 9.70. The molecule has 0 bridgehead atoms. The first-order chi connectivity index (χ1) is 17.6. The number of nitrogens with one attached hydrogen (secondary N) is 1. The van der Waals surface area contributed by atoms with Gasteiger partial charge in [0.05, 0.1) is 11.7 Å². The van der Waals surface area contributed by atoms with Crippen molar-refractivity contribution in [3.63, 3.8) is 0 Å². The Morgan fingerprint density at radius 3 is 2.32 bits per heavy atom. The van der Waals surface area contributed by atoms with Gasteiger partial charge in [0.2, 0.25) is 0 Å². The van der Waals surface area contributed by atoms with Gasteiger partial charge in [0.25, 0.3) is 0 Å². The van der Waals surface area contributed by atoms with Gasteiger partial charge in [0.1, 0.15) is 34.3 Å². The van der Waals surface area contributed by atoms with Gasteiger partial charge < -0.3 is 29.6 Å². The highest BCUT2D eigenvalue weighted by Gasteiger charge is 2.52. The summed E-state index contributed by atoms with van der Waals surface area (Å²) in [4.78, 5) is 17.1. The van der Waals surface area contributed by atoms with E-state index in [9.17, 15) is 32.8 Å². The second kappa shape index (κ2) is 11.2. The molecule has 6 atom stereocenters. The van der Waals surface area contributed by atoms with Gasteiger partial charge in [-0.25, -0.2) is 4.98 Å². The first kappa shape index (κ1) is 31.1. The number of aliphatic hydroxyl groups is 2. The number of methoxy groups -OCH3 is 1. The fraction of sp³-hybridized carbons (Fsp3) is 0.667. The summed E-state index contributed by atoms with van der Waals surface area (Å²) in [5, 5.41) is 20.6. The van der Waals surface area contributed by atoms with Crippen molar-refractivity contribution in [2.75, 3.05) is 7.11 Å². The van der Waals surface area contributed by atoms with Gasteiger partial charge in [-0.05, 0) is 44.4 Å². The highest BCUT2D eigenvalue weighted by molar-refractivity contribution is 7.71. The summed E-state index contributed by atoms with van der Waals surface area (Å²) in [6.07, 6.45) is -8.78. The molecule has 0 amide bonds. The molecule has 2 aromatic heterocycles. The van der Waals surface area contributed by atoms with Crippen LogP contribution in [0.3, 0.4) is 0 Å². The maximum Gasteiger partial charge on any atom is 0.433 e. The molecule has 0 radical (unpaired) electrons. The number of aromatic amines is 1. The van der Waals surface area contributed by atoms with Crippen molar-refractivity contribution in [2.24, 2.45) is 0 Å². The number of aliphatic hydroxyl groups excluding tert-OH is 2. The Balaban J connectivity index is 1.91. The Morgan fingerprint density at radius 2 is 1.79 bits per heavy atom. The Morgan fingerprint density at radius 1 is 1.16 bits per heavy atom. The lowest BCUT2D eigenvalue weighted by molar-refractivity contribution is -0.141. The monoisotopic (exact) mass is 582 g/mol. The highest BCUT2D eigenvalue weighted by atomic mass is 32.1. The molecule has 38 heavy (non-hydrogen) atoms. The average Bonchev–Trinajstić information content (AvgIpc) is 3.14. The van der Waals surface area contributed by atoms with Gasteiger partial charge in [0, 0.05) is 24.5 Å². The molecule has 1 aliphatic heterocycles. The van der Waals surface area contributed by atoms with E-state index in [2.05, 4.69) is 9.97 Å². The van der Waals surface area contributed by atoms with Crippen LogP contribution >= 0.6 is 19.8 Å². The minimum Gasteiger partial charge on any atom is -0.388 e. The molecule has 0 aromatic carbocycles. The quantitative estimate of drug-likeness (QED) is 0.215. The molecule has 6 unspecified atom stereocenters. The largest absolute Gasteiger partial charge is 0.433 e. The van der Waals surface area contributed by atoms with Crippen LogP contribution in [-0.4, -0.2) is 61.4 Å². The highest BCUT2D eigenvalue weighted by Crippen LogP contribution is 2.61. The number of hydrogen-bond donors (Lipinski definition) is 4. The lowest BCUT2D eigenvalue weighted by Crippen LogP contribution is -2.42. The van der Waals surface area contributed by atoms with Crippen molar-refractivity contribution < 1.29 is 46.8 Å². The van der Waals surface area contributed by atoms with Gasteiger partial charge in [-0.2, -0.15) is 13.2 Å². The zero-order valence-corrected chi connectivity index (χ0v) is 23.5. The summed E-state index contributed by atoms with van der Waals surface area (Å²) in [6.45, 7) is 6.73. The van der Waals surface area contributed by atoms with E-state index in [-0.39, 0.29) is 28.7 Å². The molecule has 3 heterocycles. The lowest BCUT2D eigenvalue weighted by Gasteiger charge is -2.40. The molecule has 214 valence electrons. The van der Waals surface area contributed by atoms with Crippen LogP contribution in [-0.2, 0) is 24.7 Å². The van der Waals surface area contributed by atoms with Crippen LogP contribution in [0.15, 0.2) is 18.2 Å². The number of aromatic nitrogens is 2. The average molecular weight is 583 g/mol. The van der Waals surface area contributed by atoms with Crippen LogP contribution in [0.2, 0.25) is 0 Å². The predicted octanol–water partition coefficient (Wildman–Crippen LogP) is 5.40. The summed E-state index contributed by atoms with van der Waals surface area (Å²) in [5.74, 6) is 0. The normalized spacial score (nSPS) is 25.9. The smallest absolute Gasteiger partial charge is 0.388 e. The number of H-pyrrole nitrogens is 1. The Hall–Kier alpha value is -1.44. The molecule has 1 fully saturated rings. The molecular weight excluding hydrogens is 548 g/mol. The predicted molar refractivity (Wildman–Crippen MR) is 136 cm³/mol. The zero-order chi connectivity index (χ0) is 28.7. The van der Waals surface area contributed by atoms with Crippen molar-refractivity contribution in [2.45, 2.75) is 94.9 Å². The van der Waals surface area contributed by atoms with Crippen molar-refractivity contribution in [1.82, 2.24) is 9.97 Å². The number of ether oxygens (including phenoxy) is 2. The molecule has 1 aliphatic rings. The number of alkyl halides is 3. The topological polar surface area (TPSA) is 134 Å². The van der Waals surface area contributed by atoms with Gasteiger partial charge >= 0.3 is 13.8 Å². The molecule has 0 aliphatic carbocycles. The molecule has 14 heteroatoms. The third-order valence-electron chi connectivity index (χ3n) is 7.56. The molecule has 0 spiro atoms. The van der Waals surface area contributed by atoms with Crippen molar-refractivity contribution in [3.8, 4) is 0 Å². The number of rotatable bonds is 10.